The van der Waals surface area contributed by atoms with E-state index in [1.54, 1.807) is 12.1 Å². The molecule has 0 amide bonds. The number of benzene rings is 2. The fourth-order valence-corrected chi connectivity index (χ4v) is 3.44. The molecule has 0 aliphatic carbocycles. The summed E-state index contributed by atoms with van der Waals surface area (Å²) in [5.74, 6) is 1.02. The molecule has 0 saturated heterocycles. The average molecular weight is 358 g/mol. The molecule has 24 heavy (non-hydrogen) atoms. The van der Waals surface area contributed by atoms with Gasteiger partial charge in [-0.2, -0.15) is 0 Å². The van der Waals surface area contributed by atoms with E-state index < -0.39 is 0 Å². The Hall–Kier alpha value is -2.11. The number of nitrogens with zero attached hydrogens (tertiary/aromatic N) is 3. The molecule has 1 aromatic heterocycles. The zero-order chi connectivity index (χ0) is 17.1. The first-order valence-corrected chi connectivity index (χ1v) is 8.82. The highest BCUT2D eigenvalue weighted by atomic mass is 35.5. The van der Waals surface area contributed by atoms with Crippen molar-refractivity contribution in [3.8, 4) is 5.69 Å². The smallest absolute Gasteiger partial charge is 0.196 e. The maximum Gasteiger partial charge on any atom is 0.196 e. The van der Waals surface area contributed by atoms with Gasteiger partial charge in [-0.1, -0.05) is 53.2 Å². The lowest BCUT2D eigenvalue weighted by atomic mass is 10.1. The summed E-state index contributed by atoms with van der Waals surface area (Å²) < 4.78 is 1.95. The van der Waals surface area contributed by atoms with Gasteiger partial charge in [-0.3, -0.25) is 9.36 Å². The Bertz CT molecular complexity index is 874. The highest BCUT2D eigenvalue weighted by molar-refractivity contribution is 7.99. The van der Waals surface area contributed by atoms with E-state index in [-0.39, 0.29) is 11.5 Å². The molecule has 3 aromatic rings. The quantitative estimate of drug-likeness (QED) is 0.498. The van der Waals surface area contributed by atoms with Crippen molar-refractivity contribution in [3.05, 3.63) is 70.5 Å². The second-order valence-corrected chi connectivity index (χ2v) is 6.74. The number of hydrogen-bond donors (Lipinski definition) is 0. The lowest BCUT2D eigenvalue weighted by Gasteiger charge is -2.08. The first-order chi connectivity index (χ1) is 11.6. The van der Waals surface area contributed by atoms with Gasteiger partial charge in [0.2, 0.25) is 0 Å². The highest BCUT2D eigenvalue weighted by Crippen LogP contribution is 2.24. The van der Waals surface area contributed by atoms with Crippen LogP contribution in [0.1, 0.15) is 21.7 Å². The van der Waals surface area contributed by atoms with Crippen molar-refractivity contribution in [1.82, 2.24) is 14.8 Å². The van der Waals surface area contributed by atoms with Gasteiger partial charge in [-0.05, 0) is 38.1 Å². The molecule has 0 atom stereocenters. The number of Topliss-reactive ketones (excluding diaryl/α,β-unsaturated/α-hetero) is 1. The number of ketones is 1. The Morgan fingerprint density at radius 2 is 1.79 bits per heavy atom. The molecular weight excluding hydrogens is 342 g/mol. The van der Waals surface area contributed by atoms with Gasteiger partial charge in [0.05, 0.1) is 10.8 Å². The van der Waals surface area contributed by atoms with E-state index in [0.717, 1.165) is 11.5 Å². The number of aryl methyl sites for hydroxylation is 2. The van der Waals surface area contributed by atoms with Crippen molar-refractivity contribution >= 4 is 29.1 Å². The van der Waals surface area contributed by atoms with E-state index in [9.17, 15) is 4.79 Å². The predicted molar refractivity (Wildman–Crippen MR) is 97.3 cm³/mol. The highest BCUT2D eigenvalue weighted by Gasteiger charge is 2.15. The third-order valence-corrected chi connectivity index (χ3v) is 4.85. The van der Waals surface area contributed by atoms with Crippen LogP contribution < -0.4 is 0 Å². The minimum absolute atomic E-state index is 0.0262. The summed E-state index contributed by atoms with van der Waals surface area (Å²) in [6.45, 7) is 3.94. The molecule has 0 aliphatic rings. The summed E-state index contributed by atoms with van der Waals surface area (Å²) in [5.41, 5.74) is 2.70. The van der Waals surface area contributed by atoms with Crippen molar-refractivity contribution in [2.45, 2.75) is 19.0 Å². The van der Waals surface area contributed by atoms with Crippen LogP contribution in [0.4, 0.5) is 0 Å². The summed E-state index contributed by atoms with van der Waals surface area (Å²) in [6, 6.07) is 15.2. The first-order valence-electron chi connectivity index (χ1n) is 7.46. The molecule has 0 N–H and O–H groups in total. The maximum atomic E-state index is 12.4. The molecule has 0 fully saturated rings. The Labute approximate surface area is 149 Å². The summed E-state index contributed by atoms with van der Waals surface area (Å²) in [7, 11) is 0. The lowest BCUT2D eigenvalue weighted by molar-refractivity contribution is 0.102. The zero-order valence-corrected chi connectivity index (χ0v) is 14.9. The van der Waals surface area contributed by atoms with Gasteiger partial charge in [0.25, 0.3) is 0 Å². The van der Waals surface area contributed by atoms with E-state index in [0.29, 0.717) is 15.7 Å². The summed E-state index contributed by atoms with van der Waals surface area (Å²) >= 11 is 7.44. The third-order valence-electron chi connectivity index (χ3n) is 3.59. The molecule has 1 heterocycles. The average Bonchev–Trinajstić information content (AvgIpc) is 2.95. The van der Waals surface area contributed by atoms with Gasteiger partial charge in [0.15, 0.2) is 10.9 Å². The second kappa shape index (κ2) is 7.20. The summed E-state index contributed by atoms with van der Waals surface area (Å²) in [4.78, 5) is 12.4. The molecular formula is C18H16ClN3OS. The molecule has 0 spiro atoms. The van der Waals surface area contributed by atoms with Gasteiger partial charge in [0.1, 0.15) is 5.82 Å². The lowest BCUT2D eigenvalue weighted by Crippen LogP contribution is -2.05. The van der Waals surface area contributed by atoms with Crippen molar-refractivity contribution in [2.24, 2.45) is 0 Å². The number of thioether (sulfide) groups is 1. The summed E-state index contributed by atoms with van der Waals surface area (Å²) in [5, 5.41) is 9.49. The predicted octanol–water partition coefficient (Wildman–Crippen LogP) is 4.51. The van der Waals surface area contributed by atoms with Crippen LogP contribution in [0, 0.1) is 13.8 Å². The standard InChI is InChI=1S/C18H16ClN3OS/c1-12-7-9-14(10-8-12)22-13(2)20-21-18(22)24-11-17(23)15-5-3-4-6-16(15)19/h3-10H,11H2,1-2H3. The molecule has 0 radical (unpaired) electrons. The van der Waals surface area contributed by atoms with E-state index in [4.69, 9.17) is 11.6 Å². The first kappa shape index (κ1) is 16.7. The monoisotopic (exact) mass is 357 g/mol. The normalized spacial score (nSPS) is 10.8. The Morgan fingerprint density at radius 1 is 1.08 bits per heavy atom. The summed E-state index contributed by atoms with van der Waals surface area (Å²) in [6.07, 6.45) is 0. The van der Waals surface area contributed by atoms with Crippen LogP contribution in [0.15, 0.2) is 53.7 Å². The molecule has 3 rings (SSSR count). The molecule has 6 heteroatoms. The fourth-order valence-electron chi connectivity index (χ4n) is 2.32. The van der Waals surface area contributed by atoms with Crippen LogP contribution in [0.25, 0.3) is 5.69 Å². The zero-order valence-electron chi connectivity index (χ0n) is 13.4. The molecule has 122 valence electrons. The minimum Gasteiger partial charge on any atom is -0.293 e. The number of halogens is 1. The number of aromatic nitrogens is 3. The number of hydrogen-bond acceptors (Lipinski definition) is 4. The molecule has 0 bridgehead atoms. The number of rotatable bonds is 5. The van der Waals surface area contributed by atoms with Gasteiger partial charge < -0.3 is 0 Å². The van der Waals surface area contributed by atoms with Gasteiger partial charge in [0, 0.05) is 11.3 Å². The van der Waals surface area contributed by atoms with Crippen LogP contribution in [0.2, 0.25) is 5.02 Å². The second-order valence-electron chi connectivity index (χ2n) is 5.39. The maximum absolute atomic E-state index is 12.4. The van der Waals surface area contributed by atoms with Crippen molar-refractivity contribution in [3.63, 3.8) is 0 Å². The topological polar surface area (TPSA) is 47.8 Å². The van der Waals surface area contributed by atoms with E-state index in [1.807, 2.05) is 54.8 Å². The van der Waals surface area contributed by atoms with Gasteiger partial charge in [-0.25, -0.2) is 0 Å². The molecule has 0 unspecified atom stereocenters. The fraction of sp³-hybridized carbons (Fsp3) is 0.167. The van der Waals surface area contributed by atoms with Crippen molar-refractivity contribution in [2.75, 3.05) is 5.75 Å². The van der Waals surface area contributed by atoms with Crippen LogP contribution in [0.5, 0.6) is 0 Å². The van der Waals surface area contributed by atoms with Crippen LogP contribution in [-0.4, -0.2) is 26.3 Å². The largest absolute Gasteiger partial charge is 0.293 e. The van der Waals surface area contributed by atoms with E-state index in [2.05, 4.69) is 10.2 Å². The van der Waals surface area contributed by atoms with E-state index >= 15 is 0 Å². The molecule has 0 saturated carbocycles. The van der Waals surface area contributed by atoms with Crippen molar-refractivity contribution in [1.29, 1.82) is 0 Å². The Kier molecular flexibility index (Phi) is 5.02. The van der Waals surface area contributed by atoms with Crippen LogP contribution in [-0.2, 0) is 0 Å². The van der Waals surface area contributed by atoms with Gasteiger partial charge >= 0.3 is 0 Å². The van der Waals surface area contributed by atoms with E-state index in [1.165, 1.54) is 17.3 Å². The molecule has 4 nitrogen and oxygen atoms in total. The number of carbonyl (C=O) groups excluding carboxylic acids is 1. The Balaban J connectivity index is 1.81. The van der Waals surface area contributed by atoms with Crippen molar-refractivity contribution < 1.29 is 4.79 Å². The number of carbonyl (C=O) groups is 1. The van der Waals surface area contributed by atoms with Crippen LogP contribution in [0.3, 0.4) is 0 Å². The third kappa shape index (κ3) is 3.52. The SMILES string of the molecule is Cc1ccc(-n2c(C)nnc2SCC(=O)c2ccccc2Cl)cc1. The Morgan fingerprint density at radius 3 is 2.50 bits per heavy atom. The molecule has 2 aromatic carbocycles. The van der Waals surface area contributed by atoms with Gasteiger partial charge in [-0.15, -0.1) is 10.2 Å². The minimum atomic E-state index is -0.0262. The molecule has 0 aliphatic heterocycles. The van der Waals surface area contributed by atoms with Crippen LogP contribution >= 0.6 is 23.4 Å².